The van der Waals surface area contributed by atoms with Gasteiger partial charge in [0.15, 0.2) is 10.5 Å². The van der Waals surface area contributed by atoms with Crippen molar-refractivity contribution in [1.82, 2.24) is 0 Å². The second-order valence-electron chi connectivity index (χ2n) is 4.23. The molecule has 0 saturated heterocycles. The topological polar surface area (TPSA) is 118 Å². The van der Waals surface area contributed by atoms with Crippen molar-refractivity contribution >= 4 is 29.5 Å². The van der Waals surface area contributed by atoms with Crippen LogP contribution in [0.2, 0.25) is 0 Å². The number of nitrogens with two attached hydrogens (primary N) is 1. The van der Waals surface area contributed by atoms with E-state index in [9.17, 15) is 24.6 Å². The quantitative estimate of drug-likeness (QED) is 0.607. The summed E-state index contributed by atoms with van der Waals surface area (Å²) in [5.74, 6) is -3.11. The lowest BCUT2D eigenvalue weighted by Gasteiger charge is -2.34. The number of carbonyl (C=O) groups excluding carboxylic acids is 1. The van der Waals surface area contributed by atoms with E-state index >= 15 is 0 Å². The Hall–Kier alpha value is -1.08. The Morgan fingerprint density at radius 3 is 2.35 bits per heavy atom. The summed E-state index contributed by atoms with van der Waals surface area (Å²) in [5, 5.41) is 18.5. The van der Waals surface area contributed by atoms with Crippen molar-refractivity contribution in [2.24, 2.45) is 11.1 Å². The lowest BCUT2D eigenvalue weighted by atomic mass is 9.78. The molecular formula is C10H15NO5S. The van der Waals surface area contributed by atoms with Crippen LogP contribution in [0.5, 0.6) is 0 Å². The number of Topliss-reactive ketones (excluding diaryl/α,β-unsaturated/α-hetero) is 1. The van der Waals surface area contributed by atoms with Crippen LogP contribution >= 0.6 is 11.8 Å². The second-order valence-corrected chi connectivity index (χ2v) is 5.71. The third-order valence-corrected chi connectivity index (χ3v) is 4.77. The average molecular weight is 261 g/mol. The van der Waals surface area contributed by atoms with Gasteiger partial charge in [-0.15, -0.1) is 11.8 Å². The molecule has 0 spiro atoms. The zero-order chi connectivity index (χ0) is 13.4. The highest BCUT2D eigenvalue weighted by Gasteiger charge is 2.69. The summed E-state index contributed by atoms with van der Waals surface area (Å²) < 4.78 is -1.98. The summed E-state index contributed by atoms with van der Waals surface area (Å²) in [5.41, 5.74) is 3.88. The summed E-state index contributed by atoms with van der Waals surface area (Å²) in [7, 11) is 0. The predicted octanol–water partition coefficient (Wildman–Crippen LogP) is -0.0461. The monoisotopic (exact) mass is 261 g/mol. The van der Waals surface area contributed by atoms with Gasteiger partial charge in [0.05, 0.1) is 11.5 Å². The van der Waals surface area contributed by atoms with Gasteiger partial charge in [0.1, 0.15) is 0 Å². The fourth-order valence-corrected chi connectivity index (χ4v) is 3.64. The largest absolute Gasteiger partial charge is 0.481 e. The van der Waals surface area contributed by atoms with Crippen LogP contribution < -0.4 is 5.73 Å². The maximum absolute atomic E-state index is 12.0. The number of carboxylic acid groups (broad SMARTS) is 2. The number of hydrogen-bond acceptors (Lipinski definition) is 5. The molecule has 0 heterocycles. The molecule has 0 aliphatic heterocycles. The average Bonchev–Trinajstić information content (AvgIpc) is 2.41. The smallest absolute Gasteiger partial charge is 0.328 e. The zero-order valence-corrected chi connectivity index (χ0v) is 10.4. The molecule has 1 aliphatic rings. The number of carbonyl (C=O) groups is 3. The molecule has 17 heavy (non-hydrogen) atoms. The van der Waals surface area contributed by atoms with E-state index < -0.39 is 33.9 Å². The maximum Gasteiger partial charge on any atom is 0.328 e. The molecule has 0 radical (unpaired) electrons. The first-order valence-corrected chi connectivity index (χ1v) is 6.13. The van der Waals surface area contributed by atoms with Crippen molar-refractivity contribution in [3.8, 4) is 0 Å². The molecule has 0 aromatic rings. The van der Waals surface area contributed by atoms with Gasteiger partial charge in [-0.25, -0.2) is 0 Å². The zero-order valence-electron chi connectivity index (χ0n) is 9.60. The fraction of sp³-hybridized carbons (Fsp3) is 0.700. The normalized spacial score (nSPS) is 37.1. The van der Waals surface area contributed by atoms with Crippen LogP contribution in [0.4, 0.5) is 0 Å². The molecule has 1 aliphatic carbocycles. The molecule has 96 valence electrons. The van der Waals surface area contributed by atoms with Gasteiger partial charge in [-0.05, 0) is 19.1 Å². The van der Waals surface area contributed by atoms with Gasteiger partial charge in [-0.1, -0.05) is 6.92 Å². The number of aliphatic carboxylic acids is 2. The number of ketones is 1. The summed E-state index contributed by atoms with van der Waals surface area (Å²) in [6, 6.07) is -1.04. The Morgan fingerprint density at radius 1 is 1.47 bits per heavy atom. The lowest BCUT2D eigenvalue weighted by Crippen LogP contribution is -2.55. The molecule has 7 heteroatoms. The van der Waals surface area contributed by atoms with Gasteiger partial charge in [-0.2, -0.15) is 0 Å². The summed E-state index contributed by atoms with van der Waals surface area (Å²) in [4.78, 5) is 34.7. The van der Waals surface area contributed by atoms with Crippen LogP contribution in [0.1, 0.15) is 20.3 Å². The summed E-state index contributed by atoms with van der Waals surface area (Å²) in [6.45, 7) is 2.95. The Labute approximate surface area is 103 Å². The molecule has 4 N–H and O–H groups in total. The maximum atomic E-state index is 12.0. The van der Waals surface area contributed by atoms with E-state index in [2.05, 4.69) is 0 Å². The Morgan fingerprint density at radius 2 is 2.00 bits per heavy atom. The Bertz CT molecular complexity index is 385. The van der Waals surface area contributed by atoms with Crippen molar-refractivity contribution in [3.63, 3.8) is 0 Å². The third-order valence-electron chi connectivity index (χ3n) is 3.22. The van der Waals surface area contributed by atoms with E-state index in [4.69, 9.17) is 5.73 Å². The van der Waals surface area contributed by atoms with E-state index in [1.54, 1.807) is 6.92 Å². The van der Waals surface area contributed by atoms with E-state index in [1.807, 2.05) is 0 Å². The molecule has 1 saturated carbocycles. The van der Waals surface area contributed by atoms with E-state index in [-0.39, 0.29) is 6.42 Å². The molecular weight excluding hydrogens is 246 g/mol. The minimum Gasteiger partial charge on any atom is -0.481 e. The van der Waals surface area contributed by atoms with Crippen LogP contribution in [0.15, 0.2) is 0 Å². The number of carboxylic acids is 2. The van der Waals surface area contributed by atoms with Crippen molar-refractivity contribution < 1.29 is 24.6 Å². The predicted molar refractivity (Wildman–Crippen MR) is 61.8 cm³/mol. The van der Waals surface area contributed by atoms with Crippen molar-refractivity contribution in [1.29, 1.82) is 0 Å². The highest BCUT2D eigenvalue weighted by Crippen LogP contribution is 2.52. The summed E-state index contributed by atoms with van der Waals surface area (Å²) >= 11 is 0.832. The molecule has 0 aromatic heterocycles. The van der Waals surface area contributed by atoms with Crippen molar-refractivity contribution in [3.05, 3.63) is 0 Å². The third kappa shape index (κ3) is 1.64. The Balaban J connectivity index is 3.44. The minimum absolute atomic E-state index is 0.152. The SMILES string of the molecule is CCSC1(C(=O)O)C(=O)C(N)CC1(C)C(=O)O. The van der Waals surface area contributed by atoms with Crippen molar-refractivity contribution in [2.75, 3.05) is 5.75 Å². The highest BCUT2D eigenvalue weighted by molar-refractivity contribution is 8.02. The summed E-state index contributed by atoms with van der Waals surface area (Å²) in [6.07, 6.45) is -0.152. The van der Waals surface area contributed by atoms with E-state index in [1.165, 1.54) is 6.92 Å². The van der Waals surface area contributed by atoms with Gasteiger partial charge in [0, 0.05) is 0 Å². The number of hydrogen-bond donors (Lipinski definition) is 3. The second kappa shape index (κ2) is 4.30. The van der Waals surface area contributed by atoms with Crippen LogP contribution in [0, 0.1) is 5.41 Å². The molecule has 0 bridgehead atoms. The van der Waals surface area contributed by atoms with Gasteiger partial charge < -0.3 is 15.9 Å². The first-order valence-electron chi connectivity index (χ1n) is 5.14. The number of rotatable bonds is 4. The van der Waals surface area contributed by atoms with Gasteiger partial charge in [0.2, 0.25) is 0 Å². The fourth-order valence-electron chi connectivity index (χ4n) is 2.30. The molecule has 1 rings (SSSR count). The van der Waals surface area contributed by atoms with Crippen LogP contribution in [0.3, 0.4) is 0 Å². The van der Waals surface area contributed by atoms with E-state index in [0.717, 1.165) is 11.8 Å². The molecule has 1 fully saturated rings. The standard InChI is InChI=1S/C10H15NO5S/c1-3-17-10(8(15)16)6(12)5(11)4-9(10,2)7(13)14/h5H,3-4,11H2,1-2H3,(H,13,14)(H,15,16). The van der Waals surface area contributed by atoms with Crippen LogP contribution in [0.25, 0.3) is 0 Å². The first kappa shape index (κ1) is 14.0. The van der Waals surface area contributed by atoms with Crippen LogP contribution in [-0.4, -0.2) is 44.5 Å². The molecule has 0 amide bonds. The highest BCUT2D eigenvalue weighted by atomic mass is 32.2. The van der Waals surface area contributed by atoms with Crippen LogP contribution in [-0.2, 0) is 14.4 Å². The minimum atomic E-state index is -1.98. The molecule has 0 aromatic carbocycles. The van der Waals surface area contributed by atoms with Gasteiger partial charge >= 0.3 is 11.9 Å². The van der Waals surface area contributed by atoms with Crippen molar-refractivity contribution in [2.45, 2.75) is 31.1 Å². The van der Waals surface area contributed by atoms with E-state index in [0.29, 0.717) is 5.75 Å². The molecule has 3 unspecified atom stereocenters. The van der Waals surface area contributed by atoms with Gasteiger partial charge in [0.25, 0.3) is 0 Å². The Kier molecular flexibility index (Phi) is 3.54. The molecule has 3 atom stereocenters. The van der Waals surface area contributed by atoms with Gasteiger partial charge in [-0.3, -0.25) is 14.4 Å². The molecule has 6 nitrogen and oxygen atoms in total. The first-order chi connectivity index (χ1) is 7.74. The number of thioether (sulfide) groups is 1. The lowest BCUT2D eigenvalue weighted by molar-refractivity contribution is -0.158.